The number of rotatable bonds is 4. The van der Waals surface area contributed by atoms with Crippen LogP contribution in [0.5, 0.6) is 0 Å². The van der Waals surface area contributed by atoms with E-state index in [2.05, 4.69) is 19.8 Å². The third-order valence-corrected chi connectivity index (χ3v) is 5.07. The van der Waals surface area contributed by atoms with Crippen LogP contribution < -0.4 is 4.90 Å². The molecule has 0 radical (unpaired) electrons. The molecule has 1 aliphatic rings. The van der Waals surface area contributed by atoms with Gasteiger partial charge in [-0.1, -0.05) is 24.3 Å². The lowest BCUT2D eigenvalue weighted by Crippen LogP contribution is -2.52. The summed E-state index contributed by atoms with van der Waals surface area (Å²) in [5, 5.41) is 1.01. The van der Waals surface area contributed by atoms with Gasteiger partial charge in [0.05, 0.1) is 6.04 Å². The van der Waals surface area contributed by atoms with Gasteiger partial charge in [-0.25, -0.2) is 4.98 Å². The number of nitrogens with zero attached hydrogens (tertiary/aromatic N) is 3. The van der Waals surface area contributed by atoms with E-state index in [1.54, 1.807) is 0 Å². The first kappa shape index (κ1) is 15.8. The van der Waals surface area contributed by atoms with Crippen molar-refractivity contribution < 1.29 is 4.79 Å². The van der Waals surface area contributed by atoms with Crippen molar-refractivity contribution in [2.45, 2.75) is 13.0 Å². The number of hydrogen-bond donors (Lipinski definition) is 1. The Hall–Kier alpha value is -2.66. The van der Waals surface area contributed by atoms with Gasteiger partial charge in [0.15, 0.2) is 5.78 Å². The van der Waals surface area contributed by atoms with Gasteiger partial charge >= 0.3 is 0 Å². The summed E-state index contributed by atoms with van der Waals surface area (Å²) in [5.74, 6) is 1.20. The predicted molar refractivity (Wildman–Crippen MR) is 100 cm³/mol. The fourth-order valence-corrected chi connectivity index (χ4v) is 3.55. The molecular weight excluding hydrogens is 312 g/mol. The van der Waals surface area contributed by atoms with Crippen LogP contribution in [0.15, 0.2) is 54.9 Å². The predicted octanol–water partition coefficient (Wildman–Crippen LogP) is 2.96. The number of aromatic amines is 1. The monoisotopic (exact) mass is 334 g/mol. The van der Waals surface area contributed by atoms with E-state index < -0.39 is 0 Å². The Morgan fingerprint density at radius 3 is 2.60 bits per heavy atom. The summed E-state index contributed by atoms with van der Waals surface area (Å²) < 4.78 is 0. The molecule has 5 nitrogen and oxygen atoms in total. The van der Waals surface area contributed by atoms with Crippen LogP contribution in [0.1, 0.15) is 17.3 Å². The fraction of sp³-hybridized carbons (Fsp3) is 0.300. The number of hydrogen-bond acceptors (Lipinski definition) is 4. The highest BCUT2D eigenvalue weighted by Gasteiger charge is 2.27. The maximum absolute atomic E-state index is 13.0. The molecule has 0 spiro atoms. The highest BCUT2D eigenvalue weighted by molar-refractivity contribution is 6.10. The summed E-state index contributed by atoms with van der Waals surface area (Å²) in [5.41, 5.74) is 1.80. The van der Waals surface area contributed by atoms with Gasteiger partial charge in [-0.2, -0.15) is 0 Å². The smallest absolute Gasteiger partial charge is 0.181 e. The molecule has 0 saturated carbocycles. The van der Waals surface area contributed by atoms with Crippen LogP contribution in [0.4, 0.5) is 5.82 Å². The molecule has 0 unspecified atom stereocenters. The number of anilines is 1. The summed E-state index contributed by atoms with van der Waals surface area (Å²) in [6.45, 7) is 5.53. The van der Waals surface area contributed by atoms with Gasteiger partial charge in [0.1, 0.15) is 5.82 Å². The zero-order valence-electron chi connectivity index (χ0n) is 14.4. The van der Waals surface area contributed by atoms with Crippen LogP contribution in [0, 0.1) is 0 Å². The molecular formula is C20H22N4O. The van der Waals surface area contributed by atoms with Crippen molar-refractivity contribution >= 4 is 22.5 Å². The SMILES string of the molecule is C[C@@H](C(=O)c1c[nH]c2ccccc12)N1CCN(c2ccccn2)CC1. The van der Waals surface area contributed by atoms with E-state index in [9.17, 15) is 4.79 Å². The van der Waals surface area contributed by atoms with Crippen molar-refractivity contribution in [3.05, 3.63) is 60.4 Å². The van der Waals surface area contributed by atoms with E-state index in [0.29, 0.717) is 0 Å². The molecule has 0 amide bonds. The van der Waals surface area contributed by atoms with Gasteiger partial charge in [-0.3, -0.25) is 9.69 Å². The standard InChI is InChI=1S/C20H22N4O/c1-15(20(25)17-14-22-18-7-3-2-6-16(17)18)23-10-12-24(13-11-23)19-8-4-5-9-21-19/h2-9,14-15,22H,10-13H2,1H3/t15-/m0/s1. The summed E-state index contributed by atoms with van der Waals surface area (Å²) in [6.07, 6.45) is 3.67. The second-order valence-corrected chi connectivity index (χ2v) is 6.50. The third kappa shape index (κ3) is 3.03. The highest BCUT2D eigenvalue weighted by Crippen LogP contribution is 2.21. The lowest BCUT2D eigenvalue weighted by Gasteiger charge is -2.38. The second-order valence-electron chi connectivity index (χ2n) is 6.50. The van der Waals surface area contributed by atoms with Crippen molar-refractivity contribution in [1.29, 1.82) is 0 Å². The van der Waals surface area contributed by atoms with Gasteiger partial charge < -0.3 is 9.88 Å². The number of H-pyrrole nitrogens is 1. The number of nitrogens with one attached hydrogen (secondary N) is 1. The Labute approximate surface area is 147 Å². The largest absolute Gasteiger partial charge is 0.360 e. The Morgan fingerprint density at radius 2 is 1.84 bits per heavy atom. The maximum Gasteiger partial charge on any atom is 0.181 e. The number of para-hydroxylation sites is 1. The molecule has 0 aliphatic carbocycles. The minimum Gasteiger partial charge on any atom is -0.360 e. The molecule has 1 aliphatic heterocycles. The highest BCUT2D eigenvalue weighted by atomic mass is 16.1. The third-order valence-electron chi connectivity index (χ3n) is 5.07. The molecule has 1 atom stereocenters. The normalized spacial score (nSPS) is 16.9. The molecule has 128 valence electrons. The van der Waals surface area contributed by atoms with Crippen LogP contribution in [-0.2, 0) is 0 Å². The minimum atomic E-state index is -0.120. The number of aromatic nitrogens is 2. The van der Waals surface area contributed by atoms with Crippen LogP contribution in [0.25, 0.3) is 10.9 Å². The molecule has 4 rings (SSSR count). The van der Waals surface area contributed by atoms with E-state index in [-0.39, 0.29) is 11.8 Å². The number of Topliss-reactive ketones (excluding diaryl/α,β-unsaturated/α-hetero) is 1. The minimum absolute atomic E-state index is 0.120. The van der Waals surface area contributed by atoms with Gasteiger partial charge in [0.2, 0.25) is 0 Å². The first-order chi connectivity index (χ1) is 12.2. The molecule has 5 heteroatoms. The van der Waals surface area contributed by atoms with E-state index in [1.165, 1.54) is 0 Å². The molecule has 1 fully saturated rings. The quantitative estimate of drug-likeness (QED) is 0.745. The molecule has 1 N–H and O–H groups in total. The van der Waals surface area contributed by atoms with Crippen LogP contribution in [0.2, 0.25) is 0 Å². The summed E-state index contributed by atoms with van der Waals surface area (Å²) in [6, 6.07) is 13.8. The van der Waals surface area contributed by atoms with Crippen LogP contribution >= 0.6 is 0 Å². The Kier molecular flexibility index (Phi) is 4.24. The van der Waals surface area contributed by atoms with Gasteiger partial charge in [0.25, 0.3) is 0 Å². The molecule has 2 aromatic heterocycles. The van der Waals surface area contributed by atoms with Gasteiger partial charge in [-0.15, -0.1) is 0 Å². The molecule has 3 aromatic rings. The van der Waals surface area contributed by atoms with E-state index in [4.69, 9.17) is 0 Å². The molecule has 1 saturated heterocycles. The first-order valence-electron chi connectivity index (χ1n) is 8.74. The fourth-order valence-electron chi connectivity index (χ4n) is 3.55. The van der Waals surface area contributed by atoms with Crippen molar-refractivity contribution in [1.82, 2.24) is 14.9 Å². The summed E-state index contributed by atoms with van der Waals surface area (Å²) in [4.78, 5) is 25.1. The number of ketones is 1. The maximum atomic E-state index is 13.0. The van der Waals surface area contributed by atoms with Crippen LogP contribution in [0.3, 0.4) is 0 Å². The molecule has 1 aromatic carbocycles. The number of pyridine rings is 1. The number of carbonyl (C=O) groups is 1. The lowest BCUT2D eigenvalue weighted by molar-refractivity contribution is 0.0831. The zero-order chi connectivity index (χ0) is 17.2. The Bertz CT molecular complexity index is 866. The van der Waals surface area contributed by atoms with Crippen molar-refractivity contribution in [3.63, 3.8) is 0 Å². The Morgan fingerprint density at radius 1 is 1.08 bits per heavy atom. The van der Waals surface area contributed by atoms with Crippen LogP contribution in [-0.4, -0.2) is 52.9 Å². The topological polar surface area (TPSA) is 52.2 Å². The number of fused-ring (bicyclic) bond motifs is 1. The van der Waals surface area contributed by atoms with E-state index in [1.807, 2.05) is 61.8 Å². The number of piperazine rings is 1. The van der Waals surface area contributed by atoms with E-state index in [0.717, 1.165) is 48.5 Å². The number of carbonyl (C=O) groups excluding carboxylic acids is 1. The van der Waals surface area contributed by atoms with Crippen molar-refractivity contribution in [2.75, 3.05) is 31.1 Å². The Balaban J connectivity index is 1.45. The summed E-state index contributed by atoms with van der Waals surface area (Å²) >= 11 is 0. The van der Waals surface area contributed by atoms with Gasteiger partial charge in [0, 0.05) is 55.0 Å². The van der Waals surface area contributed by atoms with Crippen molar-refractivity contribution in [2.24, 2.45) is 0 Å². The van der Waals surface area contributed by atoms with Gasteiger partial charge in [-0.05, 0) is 25.1 Å². The number of benzene rings is 1. The van der Waals surface area contributed by atoms with E-state index >= 15 is 0 Å². The first-order valence-corrected chi connectivity index (χ1v) is 8.74. The summed E-state index contributed by atoms with van der Waals surface area (Å²) in [7, 11) is 0. The molecule has 25 heavy (non-hydrogen) atoms. The zero-order valence-corrected chi connectivity index (χ0v) is 14.4. The molecule has 0 bridgehead atoms. The van der Waals surface area contributed by atoms with Crippen molar-refractivity contribution in [3.8, 4) is 0 Å². The second kappa shape index (κ2) is 6.69. The molecule has 3 heterocycles. The lowest BCUT2D eigenvalue weighted by atomic mass is 10.0. The average molecular weight is 334 g/mol. The average Bonchev–Trinajstić information content (AvgIpc) is 3.12.